The predicted octanol–water partition coefficient (Wildman–Crippen LogP) is 3.05. The van der Waals surface area contributed by atoms with Gasteiger partial charge in [-0.15, -0.1) is 0 Å². The van der Waals surface area contributed by atoms with Crippen LogP contribution in [0.4, 0.5) is 0 Å². The molecule has 5 saturated carbocycles. The molecule has 8 rings (SSSR count). The van der Waals surface area contributed by atoms with Gasteiger partial charge in [0.2, 0.25) is 11.8 Å². The number of rotatable bonds is 9. The number of carbonyl (C=O) groups excluding carboxylic acids is 2. The average Bonchev–Trinajstić information content (AvgIpc) is 3.67. The molecule has 1 aromatic rings. The van der Waals surface area contributed by atoms with Crippen LogP contribution in [0.15, 0.2) is 23.8 Å². The van der Waals surface area contributed by atoms with E-state index >= 15 is 0 Å². The molecular formula is C34H46N2O7. The van der Waals surface area contributed by atoms with E-state index in [1.165, 1.54) is 26.4 Å². The highest BCUT2D eigenvalue weighted by molar-refractivity contribution is 5.96. The molecule has 2 amide bonds. The number of aliphatic hydroxyl groups is 3. The van der Waals surface area contributed by atoms with Gasteiger partial charge in [0.1, 0.15) is 12.2 Å². The minimum atomic E-state index is -1.06. The summed E-state index contributed by atoms with van der Waals surface area (Å²) in [5.41, 5.74) is 1.77. The van der Waals surface area contributed by atoms with E-state index < -0.39 is 24.2 Å². The van der Waals surface area contributed by atoms with E-state index in [1.807, 2.05) is 11.0 Å². The smallest absolute Gasteiger partial charge is 0.247 e. The molecule has 0 aromatic heterocycles. The van der Waals surface area contributed by atoms with Crippen molar-refractivity contribution in [2.24, 2.45) is 29.1 Å². The number of nitrogens with one attached hydrogen (secondary N) is 1. The summed E-state index contributed by atoms with van der Waals surface area (Å²) in [5.74, 6) is 2.14. The number of nitrogens with zero attached hydrogens (tertiary/aromatic N) is 1. The van der Waals surface area contributed by atoms with Gasteiger partial charge in [0.25, 0.3) is 0 Å². The van der Waals surface area contributed by atoms with Crippen LogP contribution < -0.4 is 14.8 Å². The molecule has 9 nitrogen and oxygen atoms in total. The SMILES string of the molecule is COc1cc(CO)cc2c1OC1C2C(C(=O)NCCO)=CC(N(CC23CC4CC(CC(C4)C2)C3)C(=O)C2CCCC2)C1O. The Kier molecular flexibility index (Phi) is 7.71. The highest BCUT2D eigenvalue weighted by Gasteiger charge is 2.55. The Morgan fingerprint density at radius 1 is 1.07 bits per heavy atom. The van der Waals surface area contributed by atoms with Crippen LogP contribution in [-0.2, 0) is 16.2 Å². The van der Waals surface area contributed by atoms with E-state index in [0.29, 0.717) is 34.7 Å². The topological polar surface area (TPSA) is 129 Å². The van der Waals surface area contributed by atoms with Gasteiger partial charge in [-0.3, -0.25) is 9.59 Å². The van der Waals surface area contributed by atoms with Gasteiger partial charge in [-0.1, -0.05) is 12.8 Å². The van der Waals surface area contributed by atoms with Crippen molar-refractivity contribution in [2.75, 3.05) is 26.8 Å². The number of aliphatic hydroxyl groups excluding tert-OH is 3. The Balaban J connectivity index is 1.29. The first-order valence-corrected chi connectivity index (χ1v) is 16.4. The second-order valence-electron chi connectivity index (χ2n) is 14.4. The lowest BCUT2D eigenvalue weighted by atomic mass is 9.49. The molecule has 9 heteroatoms. The summed E-state index contributed by atoms with van der Waals surface area (Å²) < 4.78 is 12.0. The zero-order valence-electron chi connectivity index (χ0n) is 25.2. The molecule has 0 spiro atoms. The average molecular weight is 595 g/mol. The first kappa shape index (κ1) is 29.1. The van der Waals surface area contributed by atoms with E-state index in [4.69, 9.17) is 9.47 Å². The highest BCUT2D eigenvalue weighted by atomic mass is 16.5. The molecule has 7 aliphatic rings. The molecule has 43 heavy (non-hydrogen) atoms. The van der Waals surface area contributed by atoms with Crippen molar-refractivity contribution in [3.63, 3.8) is 0 Å². The summed E-state index contributed by atoms with van der Waals surface area (Å²) in [6.45, 7) is 0.286. The van der Waals surface area contributed by atoms with Gasteiger partial charge < -0.3 is 35.0 Å². The molecule has 1 heterocycles. The molecule has 4 unspecified atom stereocenters. The number of hydrogen-bond donors (Lipinski definition) is 4. The van der Waals surface area contributed by atoms with Crippen LogP contribution in [0.25, 0.3) is 0 Å². The fraction of sp³-hybridized carbons (Fsp3) is 0.706. The first-order valence-electron chi connectivity index (χ1n) is 16.4. The maximum absolute atomic E-state index is 14.4. The molecule has 6 aliphatic carbocycles. The van der Waals surface area contributed by atoms with Gasteiger partial charge >= 0.3 is 0 Å². The van der Waals surface area contributed by atoms with Crippen LogP contribution in [0.1, 0.15) is 81.3 Å². The van der Waals surface area contributed by atoms with E-state index in [9.17, 15) is 24.9 Å². The van der Waals surface area contributed by atoms with Crippen molar-refractivity contribution in [1.82, 2.24) is 10.2 Å². The number of fused-ring (bicyclic) bond motifs is 3. The van der Waals surface area contributed by atoms with Gasteiger partial charge in [-0.05, 0) is 98.3 Å². The second kappa shape index (κ2) is 11.4. The van der Waals surface area contributed by atoms with Crippen molar-refractivity contribution in [3.05, 3.63) is 34.9 Å². The number of methoxy groups -OCH3 is 1. The zero-order valence-corrected chi connectivity index (χ0v) is 25.2. The third-order valence-corrected chi connectivity index (χ3v) is 11.5. The summed E-state index contributed by atoms with van der Waals surface area (Å²) in [5, 5.41) is 34.3. The molecular weight excluding hydrogens is 548 g/mol. The van der Waals surface area contributed by atoms with Gasteiger partial charge in [-0.25, -0.2) is 0 Å². The largest absolute Gasteiger partial charge is 0.493 e. The summed E-state index contributed by atoms with van der Waals surface area (Å²) in [4.78, 5) is 30.1. The lowest BCUT2D eigenvalue weighted by molar-refractivity contribution is -0.149. The Morgan fingerprint density at radius 2 is 1.74 bits per heavy atom. The molecule has 4 bridgehead atoms. The normalized spacial score (nSPS) is 35.6. The van der Waals surface area contributed by atoms with E-state index in [2.05, 4.69) is 5.32 Å². The van der Waals surface area contributed by atoms with Crippen LogP contribution in [0.3, 0.4) is 0 Å². The lowest BCUT2D eigenvalue weighted by Gasteiger charge is -2.58. The first-order chi connectivity index (χ1) is 20.8. The third-order valence-electron chi connectivity index (χ3n) is 11.5. The Bertz CT molecular complexity index is 1250. The standard InChI is InChI=1S/C34H46N2O7/c1-42-27-12-22(17-38)11-24-28-25(32(40)35-6-7-37)13-26(29(39)31(28)43-30(24)27)36(33(41)23-4-2-3-5-23)18-34-14-19-8-20(15-34)10-21(9-19)16-34/h11-13,19-21,23,26,28-29,31,37-39H,2-10,14-18H2,1H3,(H,35,40). The van der Waals surface area contributed by atoms with Crippen molar-refractivity contribution in [2.45, 2.75) is 95.0 Å². The molecule has 1 aliphatic heterocycles. The number of carbonyl (C=O) groups is 2. The van der Waals surface area contributed by atoms with Crippen LogP contribution in [0.5, 0.6) is 11.5 Å². The summed E-state index contributed by atoms with van der Waals surface area (Å²) in [6.07, 6.45) is 11.1. The quantitative estimate of drug-likeness (QED) is 0.346. The Hall–Kier alpha value is -2.62. The van der Waals surface area contributed by atoms with E-state index in [0.717, 1.165) is 62.7 Å². The van der Waals surface area contributed by atoms with Crippen LogP contribution in [0, 0.1) is 29.1 Å². The van der Waals surface area contributed by atoms with Crippen LogP contribution in [-0.4, -0.2) is 77.1 Å². The maximum Gasteiger partial charge on any atom is 0.247 e. The molecule has 234 valence electrons. The third kappa shape index (κ3) is 5.05. The zero-order chi connectivity index (χ0) is 29.9. The number of benzene rings is 1. The lowest BCUT2D eigenvalue weighted by Crippen LogP contribution is -2.60. The molecule has 0 radical (unpaired) electrons. The summed E-state index contributed by atoms with van der Waals surface area (Å²) in [6, 6.07) is 2.80. The van der Waals surface area contributed by atoms with Crippen molar-refractivity contribution >= 4 is 11.8 Å². The van der Waals surface area contributed by atoms with Gasteiger partial charge in [0, 0.05) is 30.1 Å². The number of ether oxygens (including phenoxy) is 2. The van der Waals surface area contributed by atoms with Crippen LogP contribution >= 0.6 is 0 Å². The molecule has 4 N–H and O–H groups in total. The summed E-state index contributed by atoms with van der Waals surface area (Å²) in [7, 11) is 1.53. The monoisotopic (exact) mass is 594 g/mol. The van der Waals surface area contributed by atoms with Gasteiger partial charge in [-0.2, -0.15) is 0 Å². The van der Waals surface area contributed by atoms with Crippen molar-refractivity contribution in [3.8, 4) is 11.5 Å². The van der Waals surface area contributed by atoms with E-state index in [1.54, 1.807) is 12.1 Å². The minimum absolute atomic E-state index is 0.0610. The Morgan fingerprint density at radius 3 is 2.35 bits per heavy atom. The Labute approximate surface area is 253 Å². The number of hydrogen-bond acceptors (Lipinski definition) is 7. The number of amides is 2. The second-order valence-corrected chi connectivity index (χ2v) is 14.4. The minimum Gasteiger partial charge on any atom is -0.493 e. The predicted molar refractivity (Wildman–Crippen MR) is 158 cm³/mol. The molecule has 5 fully saturated rings. The van der Waals surface area contributed by atoms with Gasteiger partial charge in [0.05, 0.1) is 32.3 Å². The van der Waals surface area contributed by atoms with Gasteiger partial charge in [0.15, 0.2) is 11.5 Å². The maximum atomic E-state index is 14.4. The molecule has 0 saturated heterocycles. The fourth-order valence-corrected chi connectivity index (χ4v) is 10.2. The van der Waals surface area contributed by atoms with Crippen LogP contribution in [0.2, 0.25) is 0 Å². The molecule has 1 aromatic carbocycles. The molecule has 4 atom stereocenters. The fourth-order valence-electron chi connectivity index (χ4n) is 10.2. The summed E-state index contributed by atoms with van der Waals surface area (Å²) >= 11 is 0. The highest BCUT2D eigenvalue weighted by Crippen LogP contribution is 2.61. The van der Waals surface area contributed by atoms with Crippen molar-refractivity contribution in [1.29, 1.82) is 0 Å². The van der Waals surface area contributed by atoms with Crippen molar-refractivity contribution < 1.29 is 34.4 Å². The van der Waals surface area contributed by atoms with E-state index in [-0.39, 0.29) is 42.9 Å².